The van der Waals surface area contributed by atoms with Crippen LogP contribution in [0.1, 0.15) is 40.5 Å². The number of hydrogen-bond donors (Lipinski definition) is 1. The average molecular weight is 250 g/mol. The number of carbonyl (C=O) groups excluding carboxylic acids is 1. The van der Waals surface area contributed by atoms with Crippen molar-refractivity contribution in [1.82, 2.24) is 10.2 Å². The van der Waals surface area contributed by atoms with E-state index in [2.05, 4.69) is 37.9 Å². The minimum atomic E-state index is 0.170. The highest BCUT2D eigenvalue weighted by Gasteiger charge is 2.69. The number of likely N-dealkylation sites (tertiary alicyclic amines) is 1. The number of hydrogen-bond acceptors (Lipinski definition) is 2. The molecule has 3 rings (SSSR count). The molecule has 2 aliphatic heterocycles. The molecule has 2 heterocycles. The zero-order chi connectivity index (χ0) is 13.1. The predicted octanol–water partition coefficient (Wildman–Crippen LogP) is 1.88. The number of rotatable bonds is 1. The van der Waals surface area contributed by atoms with Gasteiger partial charge < -0.3 is 10.2 Å². The van der Waals surface area contributed by atoms with E-state index in [9.17, 15) is 4.79 Å². The fraction of sp³-hybridized carbons (Fsp3) is 0.933. The molecule has 1 saturated carbocycles. The highest BCUT2D eigenvalue weighted by Crippen LogP contribution is 2.69. The zero-order valence-electron chi connectivity index (χ0n) is 12.1. The molecule has 3 fully saturated rings. The van der Waals surface area contributed by atoms with Gasteiger partial charge in [-0.2, -0.15) is 0 Å². The molecular formula is C15H26N2O. The van der Waals surface area contributed by atoms with E-state index in [-0.39, 0.29) is 16.7 Å². The summed E-state index contributed by atoms with van der Waals surface area (Å²) >= 11 is 0. The number of nitrogens with one attached hydrogen (secondary N) is 1. The van der Waals surface area contributed by atoms with Crippen molar-refractivity contribution in [2.24, 2.45) is 22.7 Å². The summed E-state index contributed by atoms with van der Waals surface area (Å²) in [5.41, 5.74) is 0.339. The molecular weight excluding hydrogens is 224 g/mol. The first-order valence-electron chi connectivity index (χ1n) is 7.38. The predicted molar refractivity (Wildman–Crippen MR) is 72.1 cm³/mol. The van der Waals surface area contributed by atoms with Gasteiger partial charge in [0.15, 0.2) is 0 Å². The normalized spacial score (nSPS) is 37.4. The van der Waals surface area contributed by atoms with E-state index in [1.165, 1.54) is 12.8 Å². The van der Waals surface area contributed by atoms with E-state index >= 15 is 0 Å². The van der Waals surface area contributed by atoms with E-state index in [1.54, 1.807) is 0 Å². The first-order valence-corrected chi connectivity index (χ1v) is 7.38. The third-order valence-electron chi connectivity index (χ3n) is 6.23. The van der Waals surface area contributed by atoms with Gasteiger partial charge in [-0.05, 0) is 29.6 Å². The van der Waals surface area contributed by atoms with Gasteiger partial charge >= 0.3 is 0 Å². The molecule has 2 atom stereocenters. The van der Waals surface area contributed by atoms with Crippen LogP contribution in [0.4, 0.5) is 0 Å². The lowest BCUT2D eigenvalue weighted by Gasteiger charge is -2.37. The Morgan fingerprint density at radius 2 is 1.83 bits per heavy atom. The molecule has 0 bridgehead atoms. The third kappa shape index (κ3) is 1.49. The van der Waals surface area contributed by atoms with Crippen LogP contribution in [-0.4, -0.2) is 36.5 Å². The molecule has 3 nitrogen and oxygen atoms in total. The van der Waals surface area contributed by atoms with Gasteiger partial charge in [0, 0.05) is 31.6 Å². The minimum absolute atomic E-state index is 0.170. The van der Waals surface area contributed by atoms with Crippen molar-refractivity contribution >= 4 is 5.91 Å². The number of nitrogens with zero attached hydrogens (tertiary/aromatic N) is 1. The standard InChI is InChI=1S/C15H26N2O/c1-14(2)12(15(14,3)4)13(18)17-7-5-6-10-8-16-9-11(10)17/h10-12,16H,5-9H2,1-4H3. The highest BCUT2D eigenvalue weighted by atomic mass is 16.2. The van der Waals surface area contributed by atoms with E-state index in [4.69, 9.17) is 0 Å². The Balaban J connectivity index is 1.77. The van der Waals surface area contributed by atoms with Crippen LogP contribution in [-0.2, 0) is 4.79 Å². The van der Waals surface area contributed by atoms with Crippen LogP contribution in [0.15, 0.2) is 0 Å². The summed E-state index contributed by atoms with van der Waals surface area (Å²) in [6, 6.07) is 0.471. The Kier molecular flexibility index (Phi) is 2.58. The Morgan fingerprint density at radius 1 is 1.17 bits per heavy atom. The lowest BCUT2D eigenvalue weighted by Crippen LogP contribution is -2.49. The van der Waals surface area contributed by atoms with Crippen LogP contribution in [0.25, 0.3) is 0 Å². The summed E-state index contributed by atoms with van der Waals surface area (Å²) < 4.78 is 0. The van der Waals surface area contributed by atoms with Crippen LogP contribution in [0.5, 0.6) is 0 Å². The number of amides is 1. The number of carbonyl (C=O) groups is 1. The van der Waals surface area contributed by atoms with Gasteiger partial charge in [0.25, 0.3) is 0 Å². The molecule has 1 N–H and O–H groups in total. The largest absolute Gasteiger partial charge is 0.338 e. The first-order chi connectivity index (χ1) is 8.37. The van der Waals surface area contributed by atoms with Gasteiger partial charge in [0.1, 0.15) is 0 Å². The van der Waals surface area contributed by atoms with Crippen LogP contribution < -0.4 is 5.32 Å². The van der Waals surface area contributed by atoms with Crippen molar-refractivity contribution in [3.8, 4) is 0 Å². The molecule has 2 saturated heterocycles. The van der Waals surface area contributed by atoms with Gasteiger partial charge in [-0.3, -0.25) is 4.79 Å². The van der Waals surface area contributed by atoms with Crippen molar-refractivity contribution in [1.29, 1.82) is 0 Å². The molecule has 1 amide bonds. The Morgan fingerprint density at radius 3 is 2.44 bits per heavy atom. The number of piperidine rings is 1. The van der Waals surface area contributed by atoms with Crippen LogP contribution in [0.3, 0.4) is 0 Å². The molecule has 0 radical (unpaired) electrons. The van der Waals surface area contributed by atoms with Gasteiger partial charge in [-0.1, -0.05) is 27.7 Å². The second-order valence-electron chi connectivity index (χ2n) is 7.54. The summed E-state index contributed by atoms with van der Waals surface area (Å²) in [6.07, 6.45) is 2.47. The van der Waals surface area contributed by atoms with Gasteiger partial charge in [0.05, 0.1) is 0 Å². The van der Waals surface area contributed by atoms with Crippen LogP contribution in [0, 0.1) is 22.7 Å². The summed E-state index contributed by atoms with van der Waals surface area (Å²) in [5.74, 6) is 1.35. The molecule has 18 heavy (non-hydrogen) atoms. The van der Waals surface area contributed by atoms with E-state index < -0.39 is 0 Å². The van der Waals surface area contributed by atoms with Crippen molar-refractivity contribution < 1.29 is 4.79 Å². The first kappa shape index (κ1) is 12.5. The summed E-state index contributed by atoms with van der Waals surface area (Å²) in [6.45, 7) is 12.0. The van der Waals surface area contributed by atoms with E-state index in [1.807, 2.05) is 0 Å². The Hall–Kier alpha value is -0.570. The molecule has 3 aliphatic rings. The molecule has 0 aromatic rings. The fourth-order valence-corrected chi connectivity index (χ4v) is 4.32. The minimum Gasteiger partial charge on any atom is -0.338 e. The molecule has 3 heteroatoms. The summed E-state index contributed by atoms with van der Waals surface area (Å²) in [7, 11) is 0. The van der Waals surface area contributed by atoms with Crippen LogP contribution >= 0.6 is 0 Å². The summed E-state index contributed by atoms with van der Waals surface area (Å²) in [5, 5.41) is 3.46. The Bertz CT molecular complexity index is 361. The van der Waals surface area contributed by atoms with Gasteiger partial charge in [-0.25, -0.2) is 0 Å². The molecule has 0 aromatic heterocycles. The van der Waals surface area contributed by atoms with E-state index in [0.717, 1.165) is 19.6 Å². The summed E-state index contributed by atoms with van der Waals surface area (Å²) in [4.78, 5) is 15.0. The molecule has 0 spiro atoms. The maximum absolute atomic E-state index is 12.8. The Labute approximate surface area is 110 Å². The van der Waals surface area contributed by atoms with Crippen molar-refractivity contribution in [2.75, 3.05) is 19.6 Å². The third-order valence-corrected chi connectivity index (χ3v) is 6.23. The molecule has 1 aliphatic carbocycles. The van der Waals surface area contributed by atoms with Crippen LogP contribution in [0.2, 0.25) is 0 Å². The second kappa shape index (κ2) is 3.72. The topological polar surface area (TPSA) is 32.3 Å². The monoisotopic (exact) mass is 250 g/mol. The lowest BCUT2D eigenvalue weighted by molar-refractivity contribution is -0.138. The fourth-order valence-electron chi connectivity index (χ4n) is 4.32. The van der Waals surface area contributed by atoms with Crippen molar-refractivity contribution in [3.05, 3.63) is 0 Å². The lowest BCUT2D eigenvalue weighted by atomic mass is 9.91. The SMILES string of the molecule is CC1(C)C(C(=O)N2CCCC3CNCC32)C1(C)C. The smallest absolute Gasteiger partial charge is 0.227 e. The highest BCUT2D eigenvalue weighted by molar-refractivity contribution is 5.84. The average Bonchev–Trinajstić information content (AvgIpc) is 2.69. The zero-order valence-corrected chi connectivity index (χ0v) is 12.1. The second-order valence-corrected chi connectivity index (χ2v) is 7.54. The maximum Gasteiger partial charge on any atom is 0.227 e. The van der Waals surface area contributed by atoms with E-state index in [0.29, 0.717) is 17.9 Å². The molecule has 102 valence electrons. The van der Waals surface area contributed by atoms with Crippen molar-refractivity contribution in [2.45, 2.75) is 46.6 Å². The van der Waals surface area contributed by atoms with Crippen molar-refractivity contribution in [3.63, 3.8) is 0 Å². The van der Waals surface area contributed by atoms with Gasteiger partial charge in [0.2, 0.25) is 5.91 Å². The molecule has 0 aromatic carbocycles. The van der Waals surface area contributed by atoms with Gasteiger partial charge in [-0.15, -0.1) is 0 Å². The maximum atomic E-state index is 12.8. The number of fused-ring (bicyclic) bond motifs is 1. The molecule has 2 unspecified atom stereocenters. The quantitative estimate of drug-likeness (QED) is 0.770.